The van der Waals surface area contributed by atoms with Crippen LogP contribution in [-0.2, 0) is 28.5 Å². The molecular formula is C29H57N5O9S. The van der Waals surface area contributed by atoms with Gasteiger partial charge in [0.15, 0.2) is 0 Å². The van der Waals surface area contributed by atoms with Crippen molar-refractivity contribution in [3.63, 3.8) is 0 Å². The Morgan fingerprint density at radius 3 is 1.70 bits per heavy atom. The minimum absolute atomic E-state index is 0.140. The third-order valence-corrected chi connectivity index (χ3v) is 6.01. The summed E-state index contributed by atoms with van der Waals surface area (Å²) in [4.78, 5) is 49.8. The lowest BCUT2D eigenvalue weighted by molar-refractivity contribution is -0.123. The molecule has 2 atom stereocenters. The van der Waals surface area contributed by atoms with Crippen LogP contribution in [0.2, 0.25) is 0 Å². The Balaban J connectivity index is 4.97. The molecule has 0 aromatic carbocycles. The SMILES string of the molecule is CC(C)(C)OC(=O)NCC(CCSCCC(NC(=O)OC(C)(C)C)C(=O)NCCOCCOCCN)NC(=O)OC(C)(C)C. The number of amides is 4. The third-order valence-electron chi connectivity index (χ3n) is 4.96. The Labute approximate surface area is 267 Å². The summed E-state index contributed by atoms with van der Waals surface area (Å²) < 4.78 is 26.7. The van der Waals surface area contributed by atoms with Crippen LogP contribution in [0.3, 0.4) is 0 Å². The van der Waals surface area contributed by atoms with Crippen molar-refractivity contribution in [1.82, 2.24) is 21.3 Å². The summed E-state index contributed by atoms with van der Waals surface area (Å²) in [6.07, 6.45) is -1.03. The summed E-state index contributed by atoms with van der Waals surface area (Å²) in [5.41, 5.74) is 3.32. The van der Waals surface area contributed by atoms with Crippen LogP contribution in [0.4, 0.5) is 14.4 Å². The molecule has 0 aromatic rings. The van der Waals surface area contributed by atoms with Crippen LogP contribution >= 0.6 is 11.8 Å². The van der Waals surface area contributed by atoms with Crippen molar-refractivity contribution in [3.05, 3.63) is 0 Å². The zero-order valence-electron chi connectivity index (χ0n) is 28.1. The van der Waals surface area contributed by atoms with Gasteiger partial charge in [-0.15, -0.1) is 0 Å². The standard InChI is InChI=1S/C29H57N5O9S/c1-27(2,3)41-24(36)32-20-21(33-25(37)42-28(4,5)6)10-18-44-19-11-22(34-26(38)43-29(7,8)9)23(35)31-13-15-40-17-16-39-14-12-30/h21-22H,10-20,30H2,1-9H3,(H,31,35)(H,32,36)(H,33,37)(H,34,38). The topological polar surface area (TPSA) is 189 Å². The summed E-state index contributed by atoms with van der Waals surface area (Å²) in [5, 5.41) is 10.9. The molecule has 0 bridgehead atoms. The van der Waals surface area contributed by atoms with Crippen molar-refractivity contribution in [3.8, 4) is 0 Å². The van der Waals surface area contributed by atoms with Crippen molar-refractivity contribution in [2.24, 2.45) is 5.73 Å². The number of nitrogens with two attached hydrogens (primary N) is 1. The lowest BCUT2D eigenvalue weighted by atomic mass is 10.2. The Kier molecular flexibility index (Phi) is 20.1. The first-order valence-corrected chi connectivity index (χ1v) is 16.1. The maximum absolute atomic E-state index is 12.9. The number of hydrogen-bond acceptors (Lipinski definition) is 11. The Morgan fingerprint density at radius 1 is 0.659 bits per heavy atom. The van der Waals surface area contributed by atoms with Crippen LogP contribution in [0.1, 0.15) is 75.2 Å². The fourth-order valence-electron chi connectivity index (χ4n) is 3.24. The third kappa shape index (κ3) is 26.0. The molecule has 0 aromatic heterocycles. The number of carbonyl (C=O) groups excluding carboxylic acids is 4. The van der Waals surface area contributed by atoms with Crippen LogP contribution < -0.4 is 27.0 Å². The Bertz CT molecular complexity index is 858. The second-order valence-electron chi connectivity index (χ2n) is 12.9. The zero-order valence-corrected chi connectivity index (χ0v) is 28.9. The van der Waals surface area contributed by atoms with E-state index >= 15 is 0 Å². The van der Waals surface area contributed by atoms with Crippen molar-refractivity contribution >= 4 is 35.9 Å². The van der Waals surface area contributed by atoms with E-state index in [4.69, 9.17) is 29.4 Å². The molecule has 0 fully saturated rings. The van der Waals surface area contributed by atoms with E-state index in [1.807, 2.05) is 0 Å². The van der Waals surface area contributed by atoms with Gasteiger partial charge in [0, 0.05) is 19.6 Å². The van der Waals surface area contributed by atoms with Gasteiger partial charge in [0.1, 0.15) is 22.8 Å². The number of hydrogen-bond donors (Lipinski definition) is 5. The minimum Gasteiger partial charge on any atom is -0.444 e. The van der Waals surface area contributed by atoms with Crippen LogP contribution in [0.15, 0.2) is 0 Å². The zero-order chi connectivity index (χ0) is 33.8. The number of nitrogens with one attached hydrogen (secondary N) is 4. The summed E-state index contributed by atoms with van der Waals surface area (Å²) in [5.74, 6) is 0.768. The van der Waals surface area contributed by atoms with Gasteiger partial charge in [0.2, 0.25) is 5.91 Å². The van der Waals surface area contributed by atoms with Crippen molar-refractivity contribution in [2.75, 3.05) is 57.6 Å². The normalized spacial score (nSPS) is 13.3. The lowest BCUT2D eigenvalue weighted by Gasteiger charge is -2.25. The molecule has 0 aliphatic carbocycles. The Hall–Kier alpha value is -2.49. The van der Waals surface area contributed by atoms with Gasteiger partial charge in [-0.05, 0) is 86.7 Å². The number of carbonyl (C=O) groups is 4. The van der Waals surface area contributed by atoms with Crippen LogP contribution in [0.5, 0.6) is 0 Å². The lowest BCUT2D eigenvalue weighted by Crippen LogP contribution is -2.49. The summed E-state index contributed by atoms with van der Waals surface area (Å²) >= 11 is 1.54. The monoisotopic (exact) mass is 651 g/mol. The molecule has 0 aliphatic heterocycles. The smallest absolute Gasteiger partial charge is 0.408 e. The fourth-order valence-corrected chi connectivity index (χ4v) is 4.30. The number of alkyl carbamates (subject to hydrolysis) is 3. The predicted molar refractivity (Wildman–Crippen MR) is 171 cm³/mol. The summed E-state index contributed by atoms with van der Waals surface area (Å²) in [6, 6.07) is -1.25. The number of rotatable bonds is 19. The second kappa shape index (κ2) is 21.3. The van der Waals surface area contributed by atoms with E-state index in [1.165, 1.54) is 11.8 Å². The van der Waals surface area contributed by atoms with Gasteiger partial charge in [-0.2, -0.15) is 11.8 Å². The van der Waals surface area contributed by atoms with E-state index in [1.54, 1.807) is 62.3 Å². The summed E-state index contributed by atoms with van der Waals surface area (Å²) in [7, 11) is 0. The molecule has 0 saturated carbocycles. The van der Waals surface area contributed by atoms with Crippen LogP contribution in [0.25, 0.3) is 0 Å². The van der Waals surface area contributed by atoms with E-state index in [-0.39, 0.29) is 25.6 Å². The molecule has 0 rings (SSSR count). The van der Waals surface area contributed by atoms with Gasteiger partial charge in [0.05, 0.1) is 32.5 Å². The molecule has 14 nitrogen and oxygen atoms in total. The molecule has 0 saturated heterocycles. The predicted octanol–water partition coefficient (Wildman–Crippen LogP) is 2.92. The van der Waals surface area contributed by atoms with E-state index in [0.717, 1.165) is 0 Å². The highest BCUT2D eigenvalue weighted by Crippen LogP contribution is 2.13. The quantitative estimate of drug-likeness (QED) is 0.102. The molecule has 0 heterocycles. The van der Waals surface area contributed by atoms with Gasteiger partial charge in [-0.25, -0.2) is 14.4 Å². The van der Waals surface area contributed by atoms with Gasteiger partial charge < -0.3 is 50.7 Å². The fraction of sp³-hybridized carbons (Fsp3) is 0.862. The van der Waals surface area contributed by atoms with Crippen molar-refractivity contribution < 1.29 is 42.9 Å². The maximum atomic E-state index is 12.9. The number of thioether (sulfide) groups is 1. The van der Waals surface area contributed by atoms with E-state index in [0.29, 0.717) is 50.7 Å². The van der Waals surface area contributed by atoms with Gasteiger partial charge in [0.25, 0.3) is 0 Å². The molecule has 44 heavy (non-hydrogen) atoms. The van der Waals surface area contributed by atoms with Gasteiger partial charge >= 0.3 is 18.3 Å². The van der Waals surface area contributed by atoms with Gasteiger partial charge in [-0.1, -0.05) is 0 Å². The number of ether oxygens (including phenoxy) is 5. The molecule has 6 N–H and O–H groups in total. The average Bonchev–Trinajstić information content (AvgIpc) is 2.84. The van der Waals surface area contributed by atoms with E-state index in [9.17, 15) is 19.2 Å². The van der Waals surface area contributed by atoms with Gasteiger partial charge in [-0.3, -0.25) is 4.79 Å². The first-order valence-electron chi connectivity index (χ1n) is 15.0. The van der Waals surface area contributed by atoms with Crippen molar-refractivity contribution in [2.45, 2.75) is 104 Å². The molecule has 0 radical (unpaired) electrons. The van der Waals surface area contributed by atoms with Crippen molar-refractivity contribution in [1.29, 1.82) is 0 Å². The first kappa shape index (κ1) is 41.5. The Morgan fingerprint density at radius 2 is 1.16 bits per heavy atom. The largest absolute Gasteiger partial charge is 0.444 e. The minimum atomic E-state index is -0.824. The molecule has 258 valence electrons. The molecule has 0 aliphatic rings. The second-order valence-corrected chi connectivity index (χ2v) is 14.1. The van der Waals surface area contributed by atoms with Crippen LogP contribution in [0, 0.1) is 0 Å². The first-order chi connectivity index (χ1) is 20.3. The molecule has 2 unspecified atom stereocenters. The molecule has 4 amide bonds. The van der Waals surface area contributed by atoms with E-state index in [2.05, 4.69) is 21.3 Å². The molecular weight excluding hydrogens is 594 g/mol. The highest BCUT2D eigenvalue weighted by atomic mass is 32.2. The average molecular weight is 652 g/mol. The highest BCUT2D eigenvalue weighted by molar-refractivity contribution is 7.99. The van der Waals surface area contributed by atoms with Crippen LogP contribution in [-0.4, -0.2) is 111 Å². The maximum Gasteiger partial charge on any atom is 0.408 e. The highest BCUT2D eigenvalue weighted by Gasteiger charge is 2.25. The van der Waals surface area contributed by atoms with E-state index < -0.39 is 47.2 Å². The molecule has 0 spiro atoms. The summed E-state index contributed by atoms with van der Waals surface area (Å²) in [6.45, 7) is 18.2. The molecule has 15 heteroatoms.